The lowest BCUT2D eigenvalue weighted by molar-refractivity contribution is -0.228. The molecule has 23 heavy (non-hydrogen) atoms. The number of rotatable bonds is 3. The second-order valence-electron chi connectivity index (χ2n) is 6.78. The van der Waals surface area contributed by atoms with E-state index >= 15 is 0 Å². The van der Waals surface area contributed by atoms with Gasteiger partial charge in [0, 0.05) is 37.9 Å². The van der Waals surface area contributed by atoms with Crippen molar-refractivity contribution in [3.05, 3.63) is 23.8 Å². The Morgan fingerprint density at radius 3 is 2.83 bits per heavy atom. The Balaban J connectivity index is 1.43. The predicted molar refractivity (Wildman–Crippen MR) is 84.3 cm³/mol. The van der Waals surface area contributed by atoms with Crippen molar-refractivity contribution in [3.8, 4) is 11.5 Å². The summed E-state index contributed by atoms with van der Waals surface area (Å²) in [6, 6.07) is 5.85. The van der Waals surface area contributed by atoms with E-state index in [0.29, 0.717) is 44.9 Å². The lowest BCUT2D eigenvalue weighted by Gasteiger charge is -2.44. The Labute approximate surface area is 136 Å². The lowest BCUT2D eigenvalue weighted by atomic mass is 10.0. The van der Waals surface area contributed by atoms with E-state index in [1.165, 1.54) is 12.8 Å². The number of piperidine rings is 1. The van der Waals surface area contributed by atoms with Crippen LogP contribution in [-0.2, 0) is 16.1 Å². The van der Waals surface area contributed by atoms with Crippen LogP contribution in [0, 0.1) is 5.92 Å². The first-order chi connectivity index (χ1) is 11.2. The van der Waals surface area contributed by atoms with E-state index in [1.54, 1.807) is 7.11 Å². The van der Waals surface area contributed by atoms with Gasteiger partial charge in [-0.05, 0) is 24.8 Å². The van der Waals surface area contributed by atoms with Crippen LogP contribution in [0.3, 0.4) is 0 Å². The first kappa shape index (κ1) is 14.8. The number of likely N-dealkylation sites (tertiary alicyclic amines) is 1. The van der Waals surface area contributed by atoms with Crippen molar-refractivity contribution in [1.29, 1.82) is 0 Å². The van der Waals surface area contributed by atoms with Gasteiger partial charge in [0.1, 0.15) is 0 Å². The average Bonchev–Trinajstić information content (AvgIpc) is 3.39. The number of nitrogens with zero attached hydrogens (tertiary/aromatic N) is 1. The van der Waals surface area contributed by atoms with Crippen molar-refractivity contribution in [3.63, 3.8) is 0 Å². The zero-order valence-electron chi connectivity index (χ0n) is 13.5. The molecule has 3 aliphatic rings. The van der Waals surface area contributed by atoms with Crippen LogP contribution in [0.5, 0.6) is 11.5 Å². The van der Waals surface area contributed by atoms with Gasteiger partial charge in [-0.15, -0.1) is 0 Å². The van der Waals surface area contributed by atoms with Crippen LogP contribution in [0.1, 0.15) is 37.7 Å². The standard InChI is InChI=1S/C18H23NO4/c1-21-15-4-2-3-14-12-22-18(23-17(14)15)7-9-19(10-8-18)16(20)11-13-5-6-13/h2-4,13H,5-12H2,1H3. The molecule has 0 aromatic heterocycles. The summed E-state index contributed by atoms with van der Waals surface area (Å²) >= 11 is 0. The highest BCUT2D eigenvalue weighted by molar-refractivity contribution is 5.76. The quantitative estimate of drug-likeness (QED) is 0.860. The van der Waals surface area contributed by atoms with Gasteiger partial charge in [0.25, 0.3) is 0 Å². The van der Waals surface area contributed by atoms with Gasteiger partial charge in [-0.3, -0.25) is 4.79 Å². The van der Waals surface area contributed by atoms with Crippen molar-refractivity contribution in [2.24, 2.45) is 5.92 Å². The number of benzene rings is 1. The Bertz CT molecular complexity index is 589. The van der Waals surface area contributed by atoms with E-state index in [4.69, 9.17) is 14.2 Å². The minimum Gasteiger partial charge on any atom is -0.493 e. The summed E-state index contributed by atoms with van der Waals surface area (Å²) in [5.41, 5.74) is 1.02. The zero-order chi connectivity index (χ0) is 15.9. The Hall–Kier alpha value is -1.75. The molecule has 1 saturated carbocycles. The number of hydrogen-bond acceptors (Lipinski definition) is 4. The molecule has 124 valence electrons. The molecule has 5 nitrogen and oxygen atoms in total. The van der Waals surface area contributed by atoms with Gasteiger partial charge < -0.3 is 19.1 Å². The molecule has 0 unspecified atom stereocenters. The fraction of sp³-hybridized carbons (Fsp3) is 0.611. The fourth-order valence-electron chi connectivity index (χ4n) is 3.42. The highest BCUT2D eigenvalue weighted by Gasteiger charge is 2.43. The highest BCUT2D eigenvalue weighted by atomic mass is 16.7. The number of fused-ring (bicyclic) bond motifs is 1. The molecule has 1 spiro atoms. The van der Waals surface area contributed by atoms with Crippen LogP contribution in [0.4, 0.5) is 0 Å². The summed E-state index contributed by atoms with van der Waals surface area (Å²) in [5, 5.41) is 0. The van der Waals surface area contributed by atoms with Crippen molar-refractivity contribution in [2.45, 2.75) is 44.5 Å². The fourth-order valence-corrected chi connectivity index (χ4v) is 3.42. The molecular formula is C18H23NO4. The Kier molecular flexibility index (Phi) is 3.68. The summed E-state index contributed by atoms with van der Waals surface area (Å²) in [7, 11) is 1.65. The second kappa shape index (κ2) is 5.71. The summed E-state index contributed by atoms with van der Waals surface area (Å²) < 4.78 is 17.7. The van der Waals surface area contributed by atoms with E-state index in [9.17, 15) is 4.79 Å². The van der Waals surface area contributed by atoms with Gasteiger partial charge in [-0.25, -0.2) is 0 Å². The Morgan fingerprint density at radius 2 is 2.13 bits per heavy atom. The van der Waals surface area contributed by atoms with Crippen molar-refractivity contribution in [2.75, 3.05) is 20.2 Å². The van der Waals surface area contributed by atoms with Crippen molar-refractivity contribution in [1.82, 2.24) is 4.90 Å². The van der Waals surface area contributed by atoms with Gasteiger partial charge in [0.15, 0.2) is 11.5 Å². The summed E-state index contributed by atoms with van der Waals surface area (Å²) in [6.07, 6.45) is 4.56. The summed E-state index contributed by atoms with van der Waals surface area (Å²) in [5.74, 6) is 1.85. The number of carbonyl (C=O) groups is 1. The SMILES string of the molecule is COc1cccc2c1OC1(CCN(C(=O)CC3CC3)CC1)OC2. The van der Waals surface area contributed by atoms with E-state index in [2.05, 4.69) is 0 Å². The first-order valence-electron chi connectivity index (χ1n) is 8.46. The van der Waals surface area contributed by atoms with Crippen LogP contribution in [0.15, 0.2) is 18.2 Å². The minimum atomic E-state index is -0.613. The molecule has 1 aliphatic carbocycles. The largest absolute Gasteiger partial charge is 0.493 e. The monoisotopic (exact) mass is 317 g/mol. The van der Waals surface area contributed by atoms with Gasteiger partial charge in [0.05, 0.1) is 13.7 Å². The maximum absolute atomic E-state index is 12.2. The Morgan fingerprint density at radius 1 is 1.35 bits per heavy atom. The van der Waals surface area contributed by atoms with Crippen molar-refractivity contribution < 1.29 is 19.0 Å². The molecule has 0 radical (unpaired) electrons. The van der Waals surface area contributed by atoms with E-state index < -0.39 is 5.79 Å². The molecule has 0 atom stereocenters. The molecule has 5 heteroatoms. The van der Waals surface area contributed by atoms with Gasteiger partial charge in [0.2, 0.25) is 11.7 Å². The number of ether oxygens (including phenoxy) is 3. The van der Waals surface area contributed by atoms with Crippen LogP contribution in [-0.4, -0.2) is 36.8 Å². The number of hydrogen-bond donors (Lipinski definition) is 0. The smallest absolute Gasteiger partial charge is 0.222 e. The van der Waals surface area contributed by atoms with Gasteiger partial charge in [-0.2, -0.15) is 0 Å². The number of amides is 1. The summed E-state index contributed by atoms with van der Waals surface area (Å²) in [4.78, 5) is 14.2. The van der Waals surface area contributed by atoms with Crippen LogP contribution in [0.25, 0.3) is 0 Å². The lowest BCUT2D eigenvalue weighted by Crippen LogP contribution is -2.52. The molecule has 0 bridgehead atoms. The van der Waals surface area contributed by atoms with E-state index in [0.717, 1.165) is 17.1 Å². The number of para-hydroxylation sites is 1. The first-order valence-corrected chi connectivity index (χ1v) is 8.46. The zero-order valence-corrected chi connectivity index (χ0v) is 13.5. The van der Waals surface area contributed by atoms with E-state index in [-0.39, 0.29) is 5.91 Å². The molecule has 1 aromatic carbocycles. The average molecular weight is 317 g/mol. The predicted octanol–water partition coefficient (Wildman–Crippen LogP) is 2.72. The highest BCUT2D eigenvalue weighted by Crippen LogP contribution is 2.42. The van der Waals surface area contributed by atoms with Crippen LogP contribution in [0.2, 0.25) is 0 Å². The normalized spacial score (nSPS) is 22.4. The maximum atomic E-state index is 12.2. The molecule has 1 saturated heterocycles. The van der Waals surface area contributed by atoms with Gasteiger partial charge >= 0.3 is 0 Å². The number of methoxy groups -OCH3 is 1. The third kappa shape index (κ3) is 2.90. The molecule has 0 N–H and O–H groups in total. The van der Waals surface area contributed by atoms with Crippen molar-refractivity contribution >= 4 is 5.91 Å². The molecule has 1 amide bonds. The molecule has 4 rings (SSSR count). The molecule has 2 fully saturated rings. The molecule has 2 heterocycles. The minimum absolute atomic E-state index is 0.288. The van der Waals surface area contributed by atoms with Crippen LogP contribution < -0.4 is 9.47 Å². The van der Waals surface area contributed by atoms with Crippen LogP contribution >= 0.6 is 0 Å². The maximum Gasteiger partial charge on any atom is 0.222 e. The molecular weight excluding hydrogens is 294 g/mol. The summed E-state index contributed by atoms with van der Waals surface area (Å²) in [6.45, 7) is 1.94. The third-order valence-electron chi connectivity index (χ3n) is 5.10. The van der Waals surface area contributed by atoms with Gasteiger partial charge in [-0.1, -0.05) is 12.1 Å². The third-order valence-corrected chi connectivity index (χ3v) is 5.10. The topological polar surface area (TPSA) is 48.0 Å². The number of carbonyl (C=O) groups excluding carboxylic acids is 1. The second-order valence-corrected chi connectivity index (χ2v) is 6.78. The molecule has 1 aromatic rings. The van der Waals surface area contributed by atoms with E-state index in [1.807, 2.05) is 23.1 Å². The molecule has 2 aliphatic heterocycles.